The van der Waals surface area contributed by atoms with Crippen LogP contribution in [0.15, 0.2) is 9.66 Å². The molecule has 0 spiro atoms. The highest BCUT2D eigenvalue weighted by Crippen LogP contribution is 2.73. The highest BCUT2D eigenvalue weighted by atomic mass is 127. The molecule has 0 aromatic rings. The molecule has 0 aliphatic carbocycles. The molecule has 0 heterocycles. The predicted molar refractivity (Wildman–Crippen MR) is 196 cm³/mol. The van der Waals surface area contributed by atoms with Gasteiger partial charge in [-0.1, -0.05) is 248 Å². The van der Waals surface area contributed by atoms with E-state index >= 15 is 0 Å². The zero-order valence-corrected chi connectivity index (χ0v) is 35.6. The topological polar surface area (TPSA) is 0 Å². The predicted octanol–water partition coefficient (Wildman–Crippen LogP) is 11.1. The van der Waals surface area contributed by atoms with Crippen LogP contribution in [-0.4, -0.2) is 11.3 Å². The fourth-order valence-corrected chi connectivity index (χ4v) is 16.0. The smallest absolute Gasteiger partial charge is 0.166 e. The normalized spacial score (nSPS) is 16.7. The molecule has 0 unspecified atom stereocenters. The maximum absolute atomic E-state index is 13.0. The Morgan fingerprint density at radius 2 is 0.957 bits per heavy atom. The van der Waals surface area contributed by atoms with Gasteiger partial charge in [-0.25, -0.2) is 0 Å². The van der Waals surface area contributed by atoms with Crippen LogP contribution < -0.4 is 0 Å². The zero-order chi connectivity index (χ0) is 19.3. The van der Waals surface area contributed by atoms with Crippen LogP contribution in [0.2, 0.25) is 0 Å². The molecule has 0 nitrogen and oxygen atoms in total. The Morgan fingerprint density at radius 1 is 0.609 bits per heavy atom. The number of hydrogen-bond donors (Lipinski definition) is 0. The standard InChI is InChI=1S/C8HF3I12/c9-4(10,11)2(12)1-3(13,14)5(15,16)6(17,18)7(19,20)8(21,22)23/h1H. The van der Waals surface area contributed by atoms with Crippen molar-refractivity contribution in [3.05, 3.63) is 9.66 Å². The van der Waals surface area contributed by atoms with Crippen LogP contribution in [0.5, 0.6) is 0 Å². The molecule has 0 aromatic carbocycles. The van der Waals surface area contributed by atoms with Crippen molar-refractivity contribution in [2.45, 2.75) is 11.3 Å². The van der Waals surface area contributed by atoms with Gasteiger partial charge >= 0.3 is 6.18 Å². The zero-order valence-electron chi connectivity index (χ0n) is 9.75. The monoisotopic (exact) mass is 1680 g/mol. The van der Waals surface area contributed by atoms with E-state index in [-0.39, 0.29) is 2.29 Å². The van der Waals surface area contributed by atoms with Crippen molar-refractivity contribution in [3.8, 4) is 0 Å². The second-order valence-electron chi connectivity index (χ2n) is 3.83. The van der Waals surface area contributed by atoms with Gasteiger partial charge in [0.05, 0.1) is 3.58 Å². The van der Waals surface area contributed by atoms with Crippen LogP contribution in [0, 0.1) is 0 Å². The molecule has 15 heteroatoms. The van der Waals surface area contributed by atoms with Crippen molar-refractivity contribution in [1.29, 1.82) is 0 Å². The van der Waals surface area contributed by atoms with E-state index < -0.39 is 12.6 Å². The second-order valence-corrected chi connectivity index (χ2v) is 37.4. The van der Waals surface area contributed by atoms with Gasteiger partial charge in [0.25, 0.3) is 0 Å². The summed E-state index contributed by atoms with van der Waals surface area (Å²) < 4.78 is 36.5. The molecule has 0 saturated carbocycles. The largest absolute Gasteiger partial charge is 0.421 e. The van der Waals surface area contributed by atoms with Crippen LogP contribution >= 0.6 is 271 Å². The lowest BCUT2D eigenvalue weighted by Gasteiger charge is -2.51. The summed E-state index contributed by atoms with van der Waals surface area (Å²) in [5, 5.41) is 0. The van der Waals surface area contributed by atoms with E-state index in [1.165, 1.54) is 28.7 Å². The third-order valence-electron chi connectivity index (χ3n) is 2.14. The molecule has 0 bridgehead atoms. The van der Waals surface area contributed by atoms with Crippen LogP contribution in [-0.2, 0) is 0 Å². The molecule has 0 N–H and O–H groups in total. The summed E-state index contributed by atoms with van der Waals surface area (Å²) in [6.07, 6.45) is -2.98. The molecule has 0 atom stereocenters. The van der Waals surface area contributed by atoms with Gasteiger partial charge in [-0.2, -0.15) is 13.2 Å². The minimum absolute atomic E-state index is 0.115. The van der Waals surface area contributed by atoms with Crippen LogP contribution in [0.1, 0.15) is 0 Å². The molecule has 0 saturated heterocycles. The summed E-state index contributed by atoms with van der Waals surface area (Å²) in [5.74, 6) is 0. The first-order valence-electron chi connectivity index (χ1n) is 4.66. The van der Waals surface area contributed by atoms with Crippen LogP contribution in [0.25, 0.3) is 0 Å². The highest BCUT2D eigenvalue weighted by molar-refractivity contribution is 14.3. The minimum atomic E-state index is -4.31. The molecule has 0 aliphatic heterocycles. The number of alkyl halides is 14. The van der Waals surface area contributed by atoms with E-state index in [0.29, 0.717) is 0 Å². The SMILES string of the molecule is FC(F)(F)C(I)=CC(I)(I)C(I)(I)C(I)(I)C(I)(I)C(I)(I)I. The highest BCUT2D eigenvalue weighted by Gasteiger charge is 2.68. The summed E-state index contributed by atoms with van der Waals surface area (Å²) in [6, 6.07) is 0. The van der Waals surface area contributed by atoms with Gasteiger partial charge < -0.3 is 0 Å². The van der Waals surface area contributed by atoms with Gasteiger partial charge in [0.15, 0.2) is 0 Å². The fraction of sp³-hybridized carbons (Fsp3) is 0.750. The van der Waals surface area contributed by atoms with E-state index in [1.54, 1.807) is 0 Å². The van der Waals surface area contributed by atoms with E-state index in [9.17, 15) is 13.2 Å². The van der Waals surface area contributed by atoms with E-state index in [0.717, 1.165) is 0 Å². The summed E-state index contributed by atoms with van der Waals surface area (Å²) in [4.78, 5) is 0. The first-order valence-corrected chi connectivity index (χ1v) is 17.6. The second kappa shape index (κ2) is 11.1. The maximum Gasteiger partial charge on any atom is 0.421 e. The number of hydrogen-bond acceptors (Lipinski definition) is 0. The van der Waals surface area contributed by atoms with Crippen molar-refractivity contribution < 1.29 is 13.2 Å². The van der Waals surface area contributed by atoms with E-state index in [2.05, 4.69) is 248 Å². The molecule has 0 rings (SSSR count). The van der Waals surface area contributed by atoms with Crippen molar-refractivity contribution in [2.75, 3.05) is 0 Å². The summed E-state index contributed by atoms with van der Waals surface area (Å²) in [5.41, 5.74) is 0. The molecule has 23 heavy (non-hydrogen) atoms. The lowest BCUT2D eigenvalue weighted by molar-refractivity contribution is -0.0819. The number of rotatable bonds is 5. The number of allylic oxidation sites excluding steroid dienone is 2. The Morgan fingerprint density at radius 3 is 1.22 bits per heavy atom. The van der Waals surface area contributed by atoms with Crippen molar-refractivity contribution in [3.63, 3.8) is 0 Å². The Balaban J connectivity index is 6.16. The van der Waals surface area contributed by atoms with Crippen molar-refractivity contribution >= 4 is 271 Å². The van der Waals surface area contributed by atoms with Gasteiger partial charge in [0.2, 0.25) is 0 Å². The van der Waals surface area contributed by atoms with Gasteiger partial charge in [-0.3, -0.25) is 0 Å². The molecular formula is C8HF3I12. The maximum atomic E-state index is 13.0. The Kier molecular flexibility index (Phi) is 15.2. The lowest BCUT2D eigenvalue weighted by atomic mass is 10.2. The molecular weight excluding hydrogens is 1680 g/mol. The summed E-state index contributed by atoms with van der Waals surface area (Å²) >= 11 is 27.1. The van der Waals surface area contributed by atoms with Crippen LogP contribution in [0.4, 0.5) is 13.2 Å². The molecule has 138 valence electrons. The Labute approximate surface area is 296 Å². The van der Waals surface area contributed by atoms with Crippen LogP contribution in [0.3, 0.4) is 0 Å². The summed E-state index contributed by atoms with van der Waals surface area (Å²) in [7, 11) is 0. The van der Waals surface area contributed by atoms with Crippen molar-refractivity contribution in [1.82, 2.24) is 0 Å². The minimum Gasteiger partial charge on any atom is -0.166 e. The van der Waals surface area contributed by atoms with E-state index in [4.69, 9.17) is 0 Å². The van der Waals surface area contributed by atoms with Gasteiger partial charge in [-0.05, 0) is 28.7 Å². The lowest BCUT2D eigenvalue weighted by Crippen LogP contribution is -2.58. The molecule has 0 fully saturated rings. The van der Waals surface area contributed by atoms with Crippen molar-refractivity contribution in [2.24, 2.45) is 0 Å². The van der Waals surface area contributed by atoms with E-state index in [1.807, 2.05) is 0 Å². The molecule has 0 aromatic heterocycles. The molecule has 0 amide bonds. The first-order chi connectivity index (χ1) is 9.63. The van der Waals surface area contributed by atoms with Gasteiger partial charge in [0.1, 0.15) is 5.15 Å². The third-order valence-corrected chi connectivity index (χ3v) is 36.1. The first kappa shape index (κ1) is 31.3. The van der Waals surface area contributed by atoms with Gasteiger partial charge in [0, 0.05) is 0 Å². The number of halogens is 15. The molecule has 0 radical (unpaired) electrons. The molecule has 0 aliphatic rings. The quantitative estimate of drug-likeness (QED) is 0.190. The Bertz CT molecular complexity index is 472. The van der Waals surface area contributed by atoms with Gasteiger partial charge in [-0.15, -0.1) is 0 Å². The summed E-state index contributed by atoms with van der Waals surface area (Å²) in [6.45, 7) is 0. The Hall–Kier alpha value is 8.29. The average Bonchev–Trinajstić information content (AvgIpc) is 2.24. The third kappa shape index (κ3) is 7.93. The average molecular weight is 1680 g/mol. The fourth-order valence-electron chi connectivity index (χ4n) is 0.916.